The lowest BCUT2D eigenvalue weighted by molar-refractivity contribution is 0.307. The van der Waals surface area contributed by atoms with Gasteiger partial charge in [0.15, 0.2) is 0 Å². The standard InChI is InChI=1S/C21H23N3O/c1-2-6-17(7-3-1)16-25-21-9-5-4-8-20(21)18-14-23-24(15-18)19-10-12-22-13-11-19/h1-9,14-15,19,22H,10-13,16H2. The van der Waals surface area contributed by atoms with Crippen LogP contribution >= 0.6 is 0 Å². The molecule has 0 atom stereocenters. The van der Waals surface area contributed by atoms with Gasteiger partial charge in [0.2, 0.25) is 0 Å². The number of piperidine rings is 1. The Hall–Kier alpha value is -2.59. The summed E-state index contributed by atoms with van der Waals surface area (Å²) in [5.41, 5.74) is 3.38. The predicted molar refractivity (Wildman–Crippen MR) is 99.6 cm³/mol. The summed E-state index contributed by atoms with van der Waals surface area (Å²) < 4.78 is 8.20. The highest BCUT2D eigenvalue weighted by molar-refractivity contribution is 5.69. The Morgan fingerprint density at radius 3 is 2.60 bits per heavy atom. The zero-order valence-corrected chi connectivity index (χ0v) is 14.3. The molecule has 1 saturated heterocycles. The number of hydrogen-bond acceptors (Lipinski definition) is 3. The summed E-state index contributed by atoms with van der Waals surface area (Å²) in [5.74, 6) is 0.899. The number of hydrogen-bond donors (Lipinski definition) is 1. The highest BCUT2D eigenvalue weighted by Gasteiger charge is 2.17. The highest BCUT2D eigenvalue weighted by atomic mass is 16.5. The summed E-state index contributed by atoms with van der Waals surface area (Å²) in [5, 5.41) is 8.01. The molecule has 128 valence electrons. The second-order valence-corrected chi connectivity index (χ2v) is 6.46. The van der Waals surface area contributed by atoms with Crippen LogP contribution in [0.3, 0.4) is 0 Å². The number of aromatic nitrogens is 2. The fourth-order valence-corrected chi connectivity index (χ4v) is 3.31. The molecule has 2 aromatic carbocycles. The monoisotopic (exact) mass is 333 g/mol. The van der Waals surface area contributed by atoms with Crippen LogP contribution in [0.2, 0.25) is 0 Å². The molecule has 4 rings (SSSR count). The number of nitrogens with one attached hydrogen (secondary N) is 1. The second kappa shape index (κ2) is 7.53. The summed E-state index contributed by atoms with van der Waals surface area (Å²) in [6, 6.07) is 18.9. The molecule has 2 heterocycles. The van der Waals surface area contributed by atoms with E-state index in [9.17, 15) is 0 Å². The maximum atomic E-state index is 6.09. The fraction of sp³-hybridized carbons (Fsp3) is 0.286. The molecular weight excluding hydrogens is 310 g/mol. The zero-order valence-electron chi connectivity index (χ0n) is 14.3. The summed E-state index contributed by atoms with van der Waals surface area (Å²) in [6.45, 7) is 2.70. The van der Waals surface area contributed by atoms with Crippen molar-refractivity contribution >= 4 is 0 Å². The first kappa shape index (κ1) is 15.9. The normalized spacial score (nSPS) is 15.2. The van der Waals surface area contributed by atoms with Crippen LogP contribution in [-0.4, -0.2) is 22.9 Å². The van der Waals surface area contributed by atoms with Crippen LogP contribution in [0.4, 0.5) is 0 Å². The van der Waals surface area contributed by atoms with Gasteiger partial charge >= 0.3 is 0 Å². The van der Waals surface area contributed by atoms with Gasteiger partial charge in [0.25, 0.3) is 0 Å². The van der Waals surface area contributed by atoms with E-state index < -0.39 is 0 Å². The number of rotatable bonds is 5. The van der Waals surface area contributed by atoms with Crippen LogP contribution in [0.25, 0.3) is 11.1 Å². The Balaban J connectivity index is 1.53. The highest BCUT2D eigenvalue weighted by Crippen LogP contribution is 2.31. The van der Waals surface area contributed by atoms with Gasteiger partial charge in [-0.05, 0) is 37.6 Å². The van der Waals surface area contributed by atoms with E-state index in [-0.39, 0.29) is 0 Å². The molecule has 0 aliphatic carbocycles. The van der Waals surface area contributed by atoms with E-state index in [0.717, 1.165) is 42.8 Å². The smallest absolute Gasteiger partial charge is 0.127 e. The van der Waals surface area contributed by atoms with Crippen molar-refractivity contribution in [3.8, 4) is 16.9 Å². The van der Waals surface area contributed by atoms with Crippen molar-refractivity contribution in [2.45, 2.75) is 25.5 Å². The van der Waals surface area contributed by atoms with Crippen LogP contribution in [0.1, 0.15) is 24.4 Å². The average Bonchev–Trinajstić information content (AvgIpc) is 3.18. The quantitative estimate of drug-likeness (QED) is 0.765. The minimum absolute atomic E-state index is 0.493. The maximum Gasteiger partial charge on any atom is 0.127 e. The molecule has 0 spiro atoms. The topological polar surface area (TPSA) is 39.1 Å². The molecular formula is C21H23N3O. The van der Waals surface area contributed by atoms with Gasteiger partial charge in [0.05, 0.1) is 12.2 Å². The Morgan fingerprint density at radius 2 is 1.76 bits per heavy atom. The largest absolute Gasteiger partial charge is 0.488 e. The van der Waals surface area contributed by atoms with Crippen LogP contribution in [-0.2, 0) is 6.61 Å². The average molecular weight is 333 g/mol. The van der Waals surface area contributed by atoms with Crippen molar-refractivity contribution in [1.29, 1.82) is 0 Å². The third-order valence-corrected chi connectivity index (χ3v) is 4.72. The van der Waals surface area contributed by atoms with E-state index >= 15 is 0 Å². The first-order chi connectivity index (χ1) is 12.4. The van der Waals surface area contributed by atoms with Gasteiger partial charge in [-0.2, -0.15) is 5.10 Å². The molecule has 4 heteroatoms. The Morgan fingerprint density at radius 1 is 1.00 bits per heavy atom. The molecule has 1 aromatic heterocycles. The Kier molecular flexibility index (Phi) is 4.79. The first-order valence-corrected chi connectivity index (χ1v) is 8.91. The molecule has 1 fully saturated rings. The van der Waals surface area contributed by atoms with E-state index in [1.807, 2.05) is 42.6 Å². The van der Waals surface area contributed by atoms with Gasteiger partial charge in [-0.1, -0.05) is 48.5 Å². The molecule has 1 aliphatic heterocycles. The van der Waals surface area contributed by atoms with Crippen molar-refractivity contribution in [3.05, 3.63) is 72.6 Å². The number of nitrogens with zero attached hydrogens (tertiary/aromatic N) is 2. The van der Waals surface area contributed by atoms with Crippen molar-refractivity contribution in [1.82, 2.24) is 15.1 Å². The van der Waals surface area contributed by atoms with Crippen molar-refractivity contribution < 1.29 is 4.74 Å². The van der Waals surface area contributed by atoms with Crippen LogP contribution < -0.4 is 10.1 Å². The number of para-hydroxylation sites is 1. The summed E-state index contributed by atoms with van der Waals surface area (Å²) in [4.78, 5) is 0. The van der Waals surface area contributed by atoms with E-state index in [1.54, 1.807) is 0 Å². The third kappa shape index (κ3) is 3.74. The minimum Gasteiger partial charge on any atom is -0.488 e. The third-order valence-electron chi connectivity index (χ3n) is 4.72. The van der Waals surface area contributed by atoms with Gasteiger partial charge in [0, 0.05) is 17.3 Å². The van der Waals surface area contributed by atoms with Crippen LogP contribution in [0.5, 0.6) is 5.75 Å². The van der Waals surface area contributed by atoms with Crippen LogP contribution in [0.15, 0.2) is 67.0 Å². The lowest BCUT2D eigenvalue weighted by Crippen LogP contribution is -2.29. The van der Waals surface area contributed by atoms with Gasteiger partial charge in [-0.15, -0.1) is 0 Å². The fourth-order valence-electron chi connectivity index (χ4n) is 3.31. The van der Waals surface area contributed by atoms with Crippen molar-refractivity contribution in [2.75, 3.05) is 13.1 Å². The number of ether oxygens (including phenoxy) is 1. The SMILES string of the molecule is c1ccc(COc2ccccc2-c2cnn(C3CCNCC3)c2)cc1. The van der Waals surface area contributed by atoms with Crippen LogP contribution in [0, 0.1) is 0 Å². The zero-order chi connectivity index (χ0) is 16.9. The van der Waals surface area contributed by atoms with Gasteiger partial charge in [0.1, 0.15) is 12.4 Å². The van der Waals surface area contributed by atoms with E-state index in [0.29, 0.717) is 12.6 Å². The second-order valence-electron chi connectivity index (χ2n) is 6.46. The summed E-state index contributed by atoms with van der Waals surface area (Å²) in [7, 11) is 0. The predicted octanol–water partition coefficient (Wildman–Crippen LogP) is 4.05. The molecule has 3 aromatic rings. The van der Waals surface area contributed by atoms with E-state index in [1.165, 1.54) is 5.56 Å². The van der Waals surface area contributed by atoms with Crippen molar-refractivity contribution in [2.24, 2.45) is 0 Å². The molecule has 1 N–H and O–H groups in total. The molecule has 0 radical (unpaired) electrons. The minimum atomic E-state index is 0.493. The Labute approximate surface area is 148 Å². The molecule has 4 nitrogen and oxygen atoms in total. The molecule has 0 unspecified atom stereocenters. The van der Waals surface area contributed by atoms with Gasteiger partial charge in [-0.3, -0.25) is 4.68 Å². The van der Waals surface area contributed by atoms with E-state index in [2.05, 4.69) is 39.5 Å². The molecule has 0 amide bonds. The maximum absolute atomic E-state index is 6.09. The Bertz CT molecular complexity index is 807. The summed E-state index contributed by atoms with van der Waals surface area (Å²) in [6.07, 6.45) is 6.37. The summed E-state index contributed by atoms with van der Waals surface area (Å²) >= 11 is 0. The van der Waals surface area contributed by atoms with E-state index in [4.69, 9.17) is 4.74 Å². The molecule has 0 bridgehead atoms. The lowest BCUT2D eigenvalue weighted by Gasteiger charge is -2.22. The molecule has 25 heavy (non-hydrogen) atoms. The first-order valence-electron chi connectivity index (χ1n) is 8.91. The van der Waals surface area contributed by atoms with Crippen molar-refractivity contribution in [3.63, 3.8) is 0 Å². The number of benzene rings is 2. The van der Waals surface area contributed by atoms with Gasteiger partial charge in [-0.25, -0.2) is 0 Å². The van der Waals surface area contributed by atoms with Gasteiger partial charge < -0.3 is 10.1 Å². The lowest BCUT2D eigenvalue weighted by atomic mass is 10.1. The molecule has 1 aliphatic rings. The molecule has 0 saturated carbocycles.